The average molecular weight is 347 g/mol. The van der Waals surface area contributed by atoms with Crippen molar-refractivity contribution in [1.82, 2.24) is 9.88 Å². The summed E-state index contributed by atoms with van der Waals surface area (Å²) in [5, 5.41) is 2.35. The zero-order valence-corrected chi connectivity index (χ0v) is 14.8. The fraction of sp³-hybridized carbons (Fsp3) is 0.238. The molecule has 5 heteroatoms. The van der Waals surface area contributed by atoms with Crippen molar-refractivity contribution in [2.24, 2.45) is 0 Å². The smallest absolute Gasteiger partial charge is 0.253 e. The second-order valence-electron chi connectivity index (χ2n) is 6.36. The van der Waals surface area contributed by atoms with Crippen molar-refractivity contribution in [2.45, 2.75) is 0 Å². The number of pyridine rings is 1. The van der Waals surface area contributed by atoms with Gasteiger partial charge in [0, 0.05) is 43.3 Å². The van der Waals surface area contributed by atoms with Gasteiger partial charge < -0.3 is 14.5 Å². The molecular weight excluding hydrogens is 326 g/mol. The Morgan fingerprint density at radius 1 is 0.962 bits per heavy atom. The fourth-order valence-corrected chi connectivity index (χ4v) is 3.39. The molecule has 1 amide bonds. The summed E-state index contributed by atoms with van der Waals surface area (Å²) in [6.45, 7) is 2.94. The second-order valence-corrected chi connectivity index (χ2v) is 6.36. The number of benzene rings is 2. The molecule has 2 heterocycles. The number of hydrogen-bond donors (Lipinski definition) is 0. The lowest BCUT2D eigenvalue weighted by Gasteiger charge is -2.36. The molecule has 4 rings (SSSR count). The van der Waals surface area contributed by atoms with Crippen molar-refractivity contribution < 1.29 is 9.53 Å². The summed E-state index contributed by atoms with van der Waals surface area (Å²) in [5.41, 5.74) is 0.697. The molecule has 0 bridgehead atoms. The Morgan fingerprint density at radius 3 is 2.42 bits per heavy atom. The third-order valence-corrected chi connectivity index (χ3v) is 4.86. The van der Waals surface area contributed by atoms with E-state index in [-0.39, 0.29) is 5.91 Å². The lowest BCUT2D eigenvalue weighted by molar-refractivity contribution is 0.0746. The molecular formula is C21H21N3O2. The van der Waals surface area contributed by atoms with E-state index in [4.69, 9.17) is 4.74 Å². The van der Waals surface area contributed by atoms with E-state index in [9.17, 15) is 4.79 Å². The van der Waals surface area contributed by atoms with Gasteiger partial charge in [-0.15, -0.1) is 0 Å². The summed E-state index contributed by atoms with van der Waals surface area (Å²) in [7, 11) is 1.62. The van der Waals surface area contributed by atoms with Crippen LogP contribution in [0.15, 0.2) is 60.8 Å². The molecule has 0 unspecified atom stereocenters. The number of methoxy groups -OCH3 is 1. The molecule has 1 aliphatic heterocycles. The fourth-order valence-electron chi connectivity index (χ4n) is 3.39. The minimum atomic E-state index is 0.0678. The molecule has 0 radical (unpaired) electrons. The van der Waals surface area contributed by atoms with E-state index >= 15 is 0 Å². The van der Waals surface area contributed by atoms with Crippen LogP contribution in [0.25, 0.3) is 10.8 Å². The molecule has 1 aromatic heterocycles. The van der Waals surface area contributed by atoms with Crippen molar-refractivity contribution in [3.05, 3.63) is 66.4 Å². The normalized spacial score (nSPS) is 14.5. The number of ether oxygens (including phenoxy) is 1. The predicted octanol–water partition coefficient (Wildman–Crippen LogP) is 3.21. The van der Waals surface area contributed by atoms with Crippen LogP contribution in [-0.2, 0) is 0 Å². The molecule has 26 heavy (non-hydrogen) atoms. The largest absolute Gasteiger partial charge is 0.497 e. The Morgan fingerprint density at radius 2 is 1.69 bits per heavy atom. The van der Waals surface area contributed by atoms with Gasteiger partial charge in [-0.3, -0.25) is 4.79 Å². The summed E-state index contributed by atoms with van der Waals surface area (Å²) in [6, 6.07) is 17.6. The minimum absolute atomic E-state index is 0.0678. The third kappa shape index (κ3) is 3.08. The van der Waals surface area contributed by atoms with Gasteiger partial charge in [0.2, 0.25) is 0 Å². The van der Waals surface area contributed by atoms with Crippen molar-refractivity contribution >= 4 is 22.5 Å². The Kier molecular flexibility index (Phi) is 4.44. The number of rotatable bonds is 3. The number of anilines is 1. The van der Waals surface area contributed by atoms with Gasteiger partial charge in [0.05, 0.1) is 7.11 Å². The van der Waals surface area contributed by atoms with Crippen molar-refractivity contribution in [1.29, 1.82) is 0 Å². The number of fused-ring (bicyclic) bond motifs is 1. The number of carbonyl (C=O) groups excluding carboxylic acids is 1. The Labute approximate surface area is 152 Å². The topological polar surface area (TPSA) is 45.7 Å². The van der Waals surface area contributed by atoms with Gasteiger partial charge in [0.1, 0.15) is 11.6 Å². The third-order valence-electron chi connectivity index (χ3n) is 4.86. The Bertz CT molecular complexity index is 911. The van der Waals surface area contributed by atoms with Gasteiger partial charge in [-0.05, 0) is 35.7 Å². The number of hydrogen-bond acceptors (Lipinski definition) is 4. The van der Waals surface area contributed by atoms with Crippen LogP contribution in [0.5, 0.6) is 5.75 Å². The van der Waals surface area contributed by atoms with Crippen LogP contribution in [-0.4, -0.2) is 49.1 Å². The van der Waals surface area contributed by atoms with E-state index < -0.39 is 0 Å². The van der Waals surface area contributed by atoms with Crippen LogP contribution in [0.3, 0.4) is 0 Å². The first-order valence-electron chi connectivity index (χ1n) is 8.78. The van der Waals surface area contributed by atoms with Crippen molar-refractivity contribution in [3.8, 4) is 5.75 Å². The van der Waals surface area contributed by atoms with Crippen LogP contribution in [0.1, 0.15) is 10.4 Å². The van der Waals surface area contributed by atoms with Crippen LogP contribution in [0, 0.1) is 0 Å². The second kappa shape index (κ2) is 7.04. The van der Waals surface area contributed by atoms with Gasteiger partial charge in [-0.2, -0.15) is 0 Å². The number of aromatic nitrogens is 1. The van der Waals surface area contributed by atoms with E-state index in [1.807, 2.05) is 53.6 Å². The lowest BCUT2D eigenvalue weighted by atomic mass is 10.1. The van der Waals surface area contributed by atoms with E-state index in [0.717, 1.165) is 30.0 Å². The SMILES string of the molecule is COc1ccc(C(=O)N2CCN(c3nccc4ccccc34)CC2)cc1. The van der Waals surface area contributed by atoms with E-state index in [1.54, 1.807) is 7.11 Å². The molecule has 0 aliphatic carbocycles. The van der Waals surface area contributed by atoms with Gasteiger partial charge in [-0.25, -0.2) is 4.98 Å². The molecule has 5 nitrogen and oxygen atoms in total. The average Bonchev–Trinajstić information content (AvgIpc) is 2.73. The van der Waals surface area contributed by atoms with Crippen LogP contribution < -0.4 is 9.64 Å². The van der Waals surface area contributed by atoms with Gasteiger partial charge >= 0.3 is 0 Å². The van der Waals surface area contributed by atoms with Crippen molar-refractivity contribution in [3.63, 3.8) is 0 Å². The standard InChI is InChI=1S/C21H21N3O2/c1-26-18-8-6-17(7-9-18)21(25)24-14-12-23(13-15-24)20-19-5-3-2-4-16(19)10-11-22-20/h2-11H,12-15H2,1H3. The van der Waals surface area contributed by atoms with E-state index in [0.29, 0.717) is 18.7 Å². The number of amides is 1. The van der Waals surface area contributed by atoms with Gasteiger partial charge in [-0.1, -0.05) is 24.3 Å². The highest BCUT2D eigenvalue weighted by Crippen LogP contribution is 2.25. The molecule has 0 atom stereocenters. The number of piperazine rings is 1. The zero-order chi connectivity index (χ0) is 17.9. The first-order valence-corrected chi connectivity index (χ1v) is 8.78. The Balaban J connectivity index is 1.47. The summed E-state index contributed by atoms with van der Waals surface area (Å²) < 4.78 is 5.15. The number of carbonyl (C=O) groups is 1. The quantitative estimate of drug-likeness (QED) is 0.730. The highest BCUT2D eigenvalue weighted by atomic mass is 16.5. The molecule has 2 aromatic carbocycles. The number of nitrogens with zero attached hydrogens (tertiary/aromatic N) is 3. The summed E-state index contributed by atoms with van der Waals surface area (Å²) in [5.74, 6) is 1.83. The molecule has 1 aliphatic rings. The van der Waals surface area contributed by atoms with Gasteiger partial charge in [0.25, 0.3) is 5.91 Å². The summed E-state index contributed by atoms with van der Waals surface area (Å²) in [6.07, 6.45) is 1.85. The molecule has 1 saturated heterocycles. The molecule has 0 saturated carbocycles. The zero-order valence-electron chi connectivity index (χ0n) is 14.8. The molecule has 1 fully saturated rings. The van der Waals surface area contributed by atoms with Gasteiger partial charge in [0.15, 0.2) is 0 Å². The highest BCUT2D eigenvalue weighted by Gasteiger charge is 2.23. The predicted molar refractivity (Wildman–Crippen MR) is 103 cm³/mol. The van der Waals surface area contributed by atoms with E-state index in [2.05, 4.69) is 22.0 Å². The Hall–Kier alpha value is -3.08. The van der Waals surface area contributed by atoms with Crippen molar-refractivity contribution in [2.75, 3.05) is 38.2 Å². The van der Waals surface area contributed by atoms with Crippen LogP contribution >= 0.6 is 0 Å². The first kappa shape index (κ1) is 16.4. The maximum absolute atomic E-state index is 12.7. The maximum atomic E-state index is 12.7. The first-order chi connectivity index (χ1) is 12.8. The van der Waals surface area contributed by atoms with Crippen LogP contribution in [0.4, 0.5) is 5.82 Å². The lowest BCUT2D eigenvalue weighted by Crippen LogP contribution is -2.49. The molecule has 3 aromatic rings. The van der Waals surface area contributed by atoms with E-state index in [1.165, 1.54) is 5.39 Å². The minimum Gasteiger partial charge on any atom is -0.497 e. The van der Waals surface area contributed by atoms with Crippen LogP contribution in [0.2, 0.25) is 0 Å². The maximum Gasteiger partial charge on any atom is 0.253 e. The summed E-state index contributed by atoms with van der Waals surface area (Å²) >= 11 is 0. The molecule has 132 valence electrons. The monoisotopic (exact) mass is 347 g/mol. The molecule has 0 N–H and O–H groups in total. The summed E-state index contributed by atoms with van der Waals surface area (Å²) in [4.78, 5) is 21.5. The molecule has 0 spiro atoms. The highest BCUT2D eigenvalue weighted by molar-refractivity contribution is 5.95.